The van der Waals surface area contributed by atoms with Gasteiger partial charge in [-0.3, -0.25) is 4.79 Å². The van der Waals surface area contributed by atoms with Crippen LogP contribution in [0.4, 0.5) is 8.78 Å². The zero-order chi connectivity index (χ0) is 15.8. The lowest BCUT2D eigenvalue weighted by Gasteiger charge is -2.31. The number of halogens is 2. The molecule has 2 fully saturated rings. The third-order valence-electron chi connectivity index (χ3n) is 4.41. The first-order valence-electron chi connectivity index (χ1n) is 6.86. The van der Waals surface area contributed by atoms with Crippen molar-refractivity contribution in [1.82, 2.24) is 4.31 Å². The largest absolute Gasteiger partial charge is 0.480 e. The first-order chi connectivity index (χ1) is 9.68. The van der Waals surface area contributed by atoms with Gasteiger partial charge in [-0.2, -0.15) is 4.31 Å². The van der Waals surface area contributed by atoms with Crippen molar-refractivity contribution in [2.75, 3.05) is 12.3 Å². The quantitative estimate of drug-likeness (QED) is 0.773. The summed E-state index contributed by atoms with van der Waals surface area (Å²) in [5.74, 6) is -2.12. The smallest absolute Gasteiger partial charge is 0.322 e. The van der Waals surface area contributed by atoms with E-state index in [0.717, 1.165) is 0 Å². The van der Waals surface area contributed by atoms with Gasteiger partial charge >= 0.3 is 5.97 Å². The summed E-state index contributed by atoms with van der Waals surface area (Å²) in [5, 5.41) is 18.5. The van der Waals surface area contributed by atoms with Crippen molar-refractivity contribution in [2.24, 2.45) is 5.41 Å². The van der Waals surface area contributed by atoms with Gasteiger partial charge in [0.05, 0.1) is 11.9 Å². The highest BCUT2D eigenvalue weighted by Gasteiger charge is 2.50. The van der Waals surface area contributed by atoms with Gasteiger partial charge < -0.3 is 10.2 Å². The minimum atomic E-state index is -4.16. The number of rotatable bonds is 5. The number of β-amino-alcohol motifs (C(OH)–C–C–N with tert-alkyl or cyclic N) is 1. The molecule has 1 aliphatic carbocycles. The highest BCUT2D eigenvalue weighted by atomic mass is 32.2. The normalized spacial score (nSPS) is 30.1. The van der Waals surface area contributed by atoms with E-state index in [1.165, 1.54) is 0 Å². The molecule has 0 bridgehead atoms. The number of nitrogens with zero attached hydrogens (tertiary/aromatic N) is 1. The monoisotopic (exact) mass is 327 g/mol. The molecule has 1 aliphatic heterocycles. The van der Waals surface area contributed by atoms with Crippen LogP contribution in [0.5, 0.6) is 0 Å². The Kier molecular flexibility index (Phi) is 4.55. The number of aliphatic hydroxyl groups is 1. The predicted octanol–water partition coefficient (Wildman–Crippen LogP) is 0.661. The third-order valence-corrected chi connectivity index (χ3v) is 6.47. The van der Waals surface area contributed by atoms with Crippen LogP contribution in [0.15, 0.2) is 0 Å². The van der Waals surface area contributed by atoms with Crippen LogP contribution in [0.3, 0.4) is 0 Å². The number of sulfonamides is 1. The Morgan fingerprint density at radius 3 is 2.38 bits per heavy atom. The van der Waals surface area contributed by atoms with Gasteiger partial charge in [0.2, 0.25) is 16.4 Å². The van der Waals surface area contributed by atoms with Gasteiger partial charge in [-0.15, -0.1) is 0 Å². The summed E-state index contributed by atoms with van der Waals surface area (Å²) in [5.41, 5.74) is -1.59. The van der Waals surface area contributed by atoms with Crippen LogP contribution < -0.4 is 0 Å². The second-order valence-electron chi connectivity index (χ2n) is 5.94. The summed E-state index contributed by atoms with van der Waals surface area (Å²) in [6.07, 6.45) is -2.71. The Morgan fingerprint density at radius 1 is 1.33 bits per heavy atom. The van der Waals surface area contributed by atoms with Crippen LogP contribution in [-0.4, -0.2) is 59.8 Å². The fourth-order valence-electron chi connectivity index (χ4n) is 3.27. The van der Waals surface area contributed by atoms with Crippen LogP contribution in [0.25, 0.3) is 0 Å². The molecule has 21 heavy (non-hydrogen) atoms. The molecule has 2 N–H and O–H groups in total. The van der Waals surface area contributed by atoms with Crippen molar-refractivity contribution in [3.05, 3.63) is 0 Å². The summed E-state index contributed by atoms with van der Waals surface area (Å²) in [4.78, 5) is 11.1. The maximum atomic E-state index is 13.3. The molecule has 9 heteroatoms. The molecule has 0 amide bonds. The molecule has 0 radical (unpaired) electrons. The van der Waals surface area contributed by atoms with Crippen LogP contribution in [0.1, 0.15) is 32.1 Å². The van der Waals surface area contributed by atoms with Crippen molar-refractivity contribution < 1.29 is 32.2 Å². The third kappa shape index (κ3) is 3.19. The van der Waals surface area contributed by atoms with Gasteiger partial charge in [-0.1, -0.05) is 12.8 Å². The number of alkyl halides is 2. The Balaban J connectivity index is 2.23. The van der Waals surface area contributed by atoms with E-state index in [4.69, 9.17) is 5.11 Å². The molecule has 0 spiro atoms. The summed E-state index contributed by atoms with van der Waals surface area (Å²) < 4.78 is 52.0. The van der Waals surface area contributed by atoms with E-state index in [1.54, 1.807) is 0 Å². The lowest BCUT2D eigenvalue weighted by Crippen LogP contribution is -2.46. The van der Waals surface area contributed by atoms with Crippen molar-refractivity contribution in [1.29, 1.82) is 0 Å². The van der Waals surface area contributed by atoms with Gasteiger partial charge in [0, 0.05) is 18.4 Å². The van der Waals surface area contributed by atoms with E-state index >= 15 is 0 Å². The highest BCUT2D eigenvalue weighted by Crippen LogP contribution is 2.45. The van der Waals surface area contributed by atoms with Crippen LogP contribution in [0, 0.1) is 5.41 Å². The average molecular weight is 327 g/mol. The van der Waals surface area contributed by atoms with Crippen molar-refractivity contribution >= 4 is 16.0 Å². The molecule has 6 nitrogen and oxygen atoms in total. The van der Waals surface area contributed by atoms with E-state index in [1.807, 2.05) is 0 Å². The van der Waals surface area contributed by atoms with Gasteiger partial charge in [0.15, 0.2) is 0 Å². The Labute approximate surface area is 121 Å². The van der Waals surface area contributed by atoms with Crippen molar-refractivity contribution in [3.8, 4) is 0 Å². The average Bonchev–Trinajstić information content (AvgIpc) is 2.96. The molecule has 0 unspecified atom stereocenters. The fourth-order valence-corrected chi connectivity index (χ4v) is 5.54. The minimum absolute atomic E-state index is 0.123. The Bertz CT molecular complexity index is 504. The van der Waals surface area contributed by atoms with E-state index < -0.39 is 45.7 Å². The number of carbonyl (C=O) groups is 1. The predicted molar refractivity (Wildman–Crippen MR) is 69.4 cm³/mol. The molecule has 1 saturated heterocycles. The number of aliphatic carboxylic acids is 1. The van der Waals surface area contributed by atoms with E-state index in [9.17, 15) is 27.1 Å². The standard InChI is InChI=1S/C12H19F2NO5S/c13-11(14)12(3-1-2-4-12)7-21(19,20)15-6-8(16)5-9(15)10(17)18/h8-9,11,16H,1-7H2,(H,17,18)/t8-,9+/m0/s1. The van der Waals surface area contributed by atoms with E-state index in [-0.39, 0.29) is 25.8 Å². The van der Waals surface area contributed by atoms with Gasteiger partial charge in [-0.05, 0) is 12.8 Å². The maximum absolute atomic E-state index is 13.3. The molecule has 0 aromatic carbocycles. The first-order valence-corrected chi connectivity index (χ1v) is 8.47. The lowest BCUT2D eigenvalue weighted by molar-refractivity contribution is -0.140. The number of hydrogen-bond acceptors (Lipinski definition) is 4. The summed E-state index contributed by atoms with van der Waals surface area (Å²) in [6.45, 7) is -0.349. The molecule has 1 saturated carbocycles. The Hall–Kier alpha value is -0.800. The summed E-state index contributed by atoms with van der Waals surface area (Å²) in [7, 11) is -4.16. The van der Waals surface area contributed by atoms with Gasteiger partial charge in [-0.25, -0.2) is 17.2 Å². The fraction of sp³-hybridized carbons (Fsp3) is 0.917. The van der Waals surface area contributed by atoms with E-state index in [2.05, 4.69) is 0 Å². The number of hydrogen-bond donors (Lipinski definition) is 2. The summed E-state index contributed by atoms with van der Waals surface area (Å²) >= 11 is 0. The number of aliphatic hydroxyl groups excluding tert-OH is 1. The SMILES string of the molecule is O=C(O)[C@H]1C[C@H](O)CN1S(=O)(=O)CC1(C(F)F)CCCC1. The molecule has 0 aromatic rings. The van der Waals surface area contributed by atoms with Crippen LogP contribution in [-0.2, 0) is 14.8 Å². The molecule has 1 heterocycles. The number of carboxylic acids is 1. The zero-order valence-corrected chi connectivity index (χ0v) is 12.2. The molecule has 122 valence electrons. The van der Waals surface area contributed by atoms with Gasteiger partial charge in [0.25, 0.3) is 0 Å². The van der Waals surface area contributed by atoms with Gasteiger partial charge in [0.1, 0.15) is 6.04 Å². The molecule has 0 aromatic heterocycles. The second-order valence-corrected chi connectivity index (χ2v) is 7.86. The molecule has 2 atom stereocenters. The second kappa shape index (κ2) is 5.77. The van der Waals surface area contributed by atoms with E-state index in [0.29, 0.717) is 17.1 Å². The topological polar surface area (TPSA) is 94.9 Å². The molecule has 2 aliphatic rings. The van der Waals surface area contributed by atoms with Crippen molar-refractivity contribution in [3.63, 3.8) is 0 Å². The first kappa shape index (κ1) is 16.6. The van der Waals surface area contributed by atoms with Crippen LogP contribution in [0.2, 0.25) is 0 Å². The zero-order valence-electron chi connectivity index (χ0n) is 11.4. The highest BCUT2D eigenvalue weighted by molar-refractivity contribution is 7.89. The maximum Gasteiger partial charge on any atom is 0.322 e. The molecule has 2 rings (SSSR count). The van der Waals surface area contributed by atoms with Crippen molar-refractivity contribution in [2.45, 2.75) is 50.7 Å². The minimum Gasteiger partial charge on any atom is -0.480 e. The molecular weight excluding hydrogens is 308 g/mol. The molecular formula is C12H19F2NO5S. The Morgan fingerprint density at radius 2 is 1.90 bits per heavy atom. The summed E-state index contributed by atoms with van der Waals surface area (Å²) in [6, 6.07) is -1.37. The van der Waals surface area contributed by atoms with Crippen LogP contribution >= 0.6 is 0 Å². The lowest BCUT2D eigenvalue weighted by atomic mass is 9.89. The number of carboxylic acid groups (broad SMARTS) is 1.